The molecule has 1 aromatic heterocycles. The first-order valence-corrected chi connectivity index (χ1v) is 7.66. The number of methoxy groups -OCH3 is 1. The van der Waals surface area contributed by atoms with Crippen LogP contribution in [0.3, 0.4) is 0 Å². The van der Waals surface area contributed by atoms with E-state index in [-0.39, 0.29) is 5.97 Å². The Morgan fingerprint density at radius 1 is 1.41 bits per heavy atom. The number of para-hydroxylation sites is 1. The fraction of sp³-hybridized carbons (Fsp3) is 0.500. The Morgan fingerprint density at radius 3 is 2.95 bits per heavy atom. The summed E-state index contributed by atoms with van der Waals surface area (Å²) in [5.74, 6) is -0.325. The summed E-state index contributed by atoms with van der Waals surface area (Å²) in [6, 6.07) is 6.01. The Kier molecular flexibility index (Phi) is 4.02. The third kappa shape index (κ3) is 2.43. The van der Waals surface area contributed by atoms with Gasteiger partial charge in [-0.3, -0.25) is 5.01 Å². The maximum absolute atomic E-state index is 12.1. The Bertz CT molecular complexity index is 682. The zero-order chi connectivity index (χ0) is 15.7. The summed E-state index contributed by atoms with van der Waals surface area (Å²) in [7, 11) is 3.55. The number of nitrogens with zero attached hydrogens (tertiary/aromatic N) is 4. The van der Waals surface area contributed by atoms with Gasteiger partial charge in [0.2, 0.25) is 0 Å². The van der Waals surface area contributed by atoms with Gasteiger partial charge in [0, 0.05) is 25.0 Å². The van der Waals surface area contributed by atoms with Gasteiger partial charge in [0.05, 0.1) is 24.9 Å². The summed E-state index contributed by atoms with van der Waals surface area (Å²) in [5.41, 5.74) is 1.39. The van der Waals surface area contributed by atoms with Crippen LogP contribution in [0.2, 0.25) is 0 Å². The van der Waals surface area contributed by atoms with Crippen LogP contribution in [0.5, 0.6) is 0 Å². The number of piperazine rings is 1. The first-order chi connectivity index (χ1) is 10.7. The lowest BCUT2D eigenvalue weighted by Gasteiger charge is -2.41. The zero-order valence-corrected chi connectivity index (χ0v) is 13.3. The van der Waals surface area contributed by atoms with Gasteiger partial charge in [0.25, 0.3) is 0 Å². The van der Waals surface area contributed by atoms with E-state index in [2.05, 4.69) is 29.0 Å². The lowest BCUT2D eigenvalue weighted by molar-refractivity contribution is 0.0602. The van der Waals surface area contributed by atoms with E-state index in [1.807, 2.05) is 23.1 Å². The molecular weight excluding hydrogens is 280 g/mol. The topological polar surface area (TPSA) is 50.6 Å². The molecule has 1 aromatic carbocycles. The molecule has 0 N–H and O–H groups in total. The van der Waals surface area contributed by atoms with Gasteiger partial charge in [0.1, 0.15) is 5.52 Å². The monoisotopic (exact) mass is 302 g/mol. The average molecular weight is 302 g/mol. The van der Waals surface area contributed by atoms with Crippen LogP contribution in [-0.2, 0) is 4.74 Å². The molecule has 0 spiro atoms. The lowest BCUT2D eigenvalue weighted by atomic mass is 10.1. The van der Waals surface area contributed by atoms with Crippen molar-refractivity contribution in [3.05, 3.63) is 30.0 Å². The second-order valence-electron chi connectivity index (χ2n) is 5.76. The Balaban J connectivity index is 2.09. The number of aromatic nitrogens is 2. The fourth-order valence-corrected chi connectivity index (χ4v) is 3.12. The number of hydrogen-bond donors (Lipinski definition) is 0. The van der Waals surface area contributed by atoms with Gasteiger partial charge in [-0.1, -0.05) is 19.1 Å². The first-order valence-electron chi connectivity index (χ1n) is 7.66. The van der Waals surface area contributed by atoms with Crippen molar-refractivity contribution >= 4 is 16.9 Å². The molecule has 1 aliphatic rings. The van der Waals surface area contributed by atoms with Crippen molar-refractivity contribution in [1.29, 1.82) is 0 Å². The molecule has 0 radical (unpaired) electrons. The predicted octanol–water partition coefficient (Wildman–Crippen LogP) is 1.48. The molecular formula is C16H22N4O2. The van der Waals surface area contributed by atoms with Crippen molar-refractivity contribution in [3.8, 4) is 0 Å². The molecule has 1 atom stereocenters. The minimum absolute atomic E-state index is 0.325. The van der Waals surface area contributed by atoms with Gasteiger partial charge >= 0.3 is 5.97 Å². The standard InChI is InChI=1S/C16H22N4O2/c1-4-13-11-18(2)8-9-19(13)20-15-12(10-17-20)6-5-7-14(15)16(21)22-3/h5-7,10,13H,4,8-9,11H2,1-3H3. The molecule has 2 heterocycles. The van der Waals surface area contributed by atoms with E-state index in [9.17, 15) is 4.79 Å². The number of esters is 1. The number of carbonyl (C=O) groups is 1. The molecule has 118 valence electrons. The summed E-state index contributed by atoms with van der Waals surface area (Å²) in [4.78, 5) is 16.3. The van der Waals surface area contributed by atoms with Crippen molar-refractivity contribution in [2.24, 2.45) is 0 Å². The number of likely N-dealkylation sites (N-methyl/N-ethyl adjacent to an activating group) is 1. The molecule has 2 aromatic rings. The van der Waals surface area contributed by atoms with Gasteiger partial charge < -0.3 is 9.64 Å². The van der Waals surface area contributed by atoms with Crippen molar-refractivity contribution < 1.29 is 9.53 Å². The molecule has 1 saturated heterocycles. The van der Waals surface area contributed by atoms with Crippen molar-refractivity contribution in [2.75, 3.05) is 38.8 Å². The van der Waals surface area contributed by atoms with Crippen LogP contribution in [0.4, 0.5) is 0 Å². The van der Waals surface area contributed by atoms with E-state index in [0.29, 0.717) is 11.6 Å². The number of fused-ring (bicyclic) bond motifs is 1. The highest BCUT2D eigenvalue weighted by molar-refractivity contribution is 6.02. The molecule has 6 heteroatoms. The van der Waals surface area contributed by atoms with Gasteiger partial charge in [-0.05, 0) is 19.5 Å². The van der Waals surface area contributed by atoms with Gasteiger partial charge in [-0.2, -0.15) is 9.89 Å². The lowest BCUT2D eigenvalue weighted by Crippen LogP contribution is -2.56. The van der Waals surface area contributed by atoms with Crippen LogP contribution in [-0.4, -0.2) is 60.6 Å². The highest BCUT2D eigenvalue weighted by Crippen LogP contribution is 2.22. The van der Waals surface area contributed by atoms with Crippen molar-refractivity contribution in [1.82, 2.24) is 14.8 Å². The van der Waals surface area contributed by atoms with Crippen LogP contribution in [0.15, 0.2) is 24.4 Å². The molecule has 0 bridgehead atoms. The van der Waals surface area contributed by atoms with Gasteiger partial charge in [-0.25, -0.2) is 4.79 Å². The summed E-state index contributed by atoms with van der Waals surface area (Å²) in [5, 5.41) is 7.75. The largest absolute Gasteiger partial charge is 0.465 e. The zero-order valence-electron chi connectivity index (χ0n) is 13.3. The SMILES string of the molecule is CCC1CN(C)CCN1n1ncc2cccc(C(=O)OC)c21. The van der Waals surface area contributed by atoms with E-state index in [0.717, 1.165) is 37.0 Å². The molecule has 1 fully saturated rings. The van der Waals surface area contributed by atoms with E-state index in [1.54, 1.807) is 6.07 Å². The number of ether oxygens (including phenoxy) is 1. The van der Waals surface area contributed by atoms with Crippen LogP contribution >= 0.6 is 0 Å². The third-order valence-electron chi connectivity index (χ3n) is 4.35. The third-order valence-corrected chi connectivity index (χ3v) is 4.35. The van der Waals surface area contributed by atoms with Crippen LogP contribution in [0.25, 0.3) is 10.9 Å². The van der Waals surface area contributed by atoms with E-state index in [4.69, 9.17) is 4.74 Å². The summed E-state index contributed by atoms with van der Waals surface area (Å²) < 4.78 is 4.92. The summed E-state index contributed by atoms with van der Waals surface area (Å²) in [6.07, 6.45) is 2.85. The highest BCUT2D eigenvalue weighted by Gasteiger charge is 2.27. The van der Waals surface area contributed by atoms with E-state index >= 15 is 0 Å². The number of benzene rings is 1. The molecule has 0 amide bonds. The highest BCUT2D eigenvalue weighted by atomic mass is 16.5. The number of rotatable bonds is 3. The van der Waals surface area contributed by atoms with E-state index in [1.165, 1.54) is 7.11 Å². The van der Waals surface area contributed by atoms with Crippen molar-refractivity contribution in [3.63, 3.8) is 0 Å². The smallest absolute Gasteiger partial charge is 0.340 e. The molecule has 22 heavy (non-hydrogen) atoms. The number of hydrogen-bond acceptors (Lipinski definition) is 5. The fourth-order valence-electron chi connectivity index (χ4n) is 3.12. The second-order valence-corrected chi connectivity index (χ2v) is 5.76. The van der Waals surface area contributed by atoms with Crippen molar-refractivity contribution in [2.45, 2.75) is 19.4 Å². The first kappa shape index (κ1) is 14.8. The number of carbonyl (C=O) groups excluding carboxylic acids is 1. The maximum Gasteiger partial charge on any atom is 0.340 e. The normalized spacial score (nSPS) is 19.6. The quantitative estimate of drug-likeness (QED) is 0.804. The molecule has 1 unspecified atom stereocenters. The summed E-state index contributed by atoms with van der Waals surface area (Å²) in [6.45, 7) is 5.06. The average Bonchev–Trinajstić information content (AvgIpc) is 2.97. The molecule has 0 saturated carbocycles. The molecule has 6 nitrogen and oxygen atoms in total. The second kappa shape index (κ2) is 5.96. The van der Waals surface area contributed by atoms with Crippen LogP contribution < -0.4 is 5.01 Å². The predicted molar refractivity (Wildman–Crippen MR) is 85.7 cm³/mol. The van der Waals surface area contributed by atoms with Crippen LogP contribution in [0.1, 0.15) is 23.7 Å². The molecule has 0 aliphatic carbocycles. The minimum atomic E-state index is -0.325. The molecule has 3 rings (SSSR count). The Labute approximate surface area is 130 Å². The Morgan fingerprint density at radius 2 is 2.23 bits per heavy atom. The van der Waals surface area contributed by atoms with Gasteiger partial charge in [-0.15, -0.1) is 0 Å². The van der Waals surface area contributed by atoms with Crippen LogP contribution in [0, 0.1) is 0 Å². The van der Waals surface area contributed by atoms with Gasteiger partial charge in [0.15, 0.2) is 0 Å². The summed E-state index contributed by atoms with van der Waals surface area (Å²) >= 11 is 0. The molecule has 1 aliphatic heterocycles. The Hall–Kier alpha value is -2.08. The minimum Gasteiger partial charge on any atom is -0.465 e. The maximum atomic E-state index is 12.1. The van der Waals surface area contributed by atoms with E-state index < -0.39 is 0 Å².